The summed E-state index contributed by atoms with van der Waals surface area (Å²) >= 11 is 0. The minimum absolute atomic E-state index is 0. The van der Waals surface area contributed by atoms with Crippen LogP contribution in [0.3, 0.4) is 0 Å². The van der Waals surface area contributed by atoms with E-state index >= 15 is 0 Å². The quantitative estimate of drug-likeness (QED) is 0.275. The van der Waals surface area contributed by atoms with Crippen molar-refractivity contribution in [1.29, 1.82) is 0 Å². The third-order valence-electron chi connectivity index (χ3n) is 0.499. The Bertz CT molecular complexity index is 225. The second-order valence-electron chi connectivity index (χ2n) is 1.02. The van der Waals surface area contributed by atoms with Crippen molar-refractivity contribution >= 4 is 0 Å². The van der Waals surface area contributed by atoms with E-state index in [2.05, 4.69) is 53.2 Å². The first-order valence-electron chi connectivity index (χ1n) is 3.65. The van der Waals surface area contributed by atoms with E-state index in [1.54, 1.807) is 7.11 Å². The normalized spacial score (nSPS) is 3.25. The van der Waals surface area contributed by atoms with Crippen LogP contribution < -0.4 is 0 Å². The molecule has 0 fully saturated rings. The number of methoxy groups -OCH3 is 1. The van der Waals surface area contributed by atoms with Crippen LogP contribution in [0.5, 0.6) is 0 Å². The van der Waals surface area contributed by atoms with Crippen molar-refractivity contribution in [3.8, 4) is 0 Å². The largest absolute Gasteiger partial charge is 0 e. The zero-order chi connectivity index (χ0) is 20.8. The second-order valence-corrected chi connectivity index (χ2v) is 1.02. The van der Waals surface area contributed by atoms with E-state index in [9.17, 15) is 0 Å². The van der Waals surface area contributed by atoms with Gasteiger partial charge >= 0.3 is 90.4 Å². The van der Waals surface area contributed by atoms with Crippen molar-refractivity contribution < 1.29 is 76.1 Å². The summed E-state index contributed by atoms with van der Waals surface area (Å²) in [5.74, 6) is 0. The Morgan fingerprint density at radius 1 is 0.583 bits per heavy atom. The summed E-state index contributed by atoms with van der Waals surface area (Å²) in [6.45, 7) is 38.7. The molecule has 9 nitrogen and oxygen atoms in total. The van der Waals surface area contributed by atoms with Gasteiger partial charge in [0.2, 0.25) is 0 Å². The molecule has 130 valence electrons. The van der Waals surface area contributed by atoms with E-state index < -0.39 is 0 Å². The molecule has 0 saturated carbocycles. The molecule has 11 heteroatoms. The third kappa shape index (κ3) is 2900. The van der Waals surface area contributed by atoms with Crippen LogP contribution in [0.1, 0.15) is 6.92 Å². The number of ether oxygens (including phenoxy) is 1. The van der Waals surface area contributed by atoms with Crippen molar-refractivity contribution in [1.82, 2.24) is 0 Å². The van der Waals surface area contributed by atoms with Gasteiger partial charge in [-0.3, -0.25) is 0 Å². The topological polar surface area (TPSA) is 168 Å². The fraction of sp³-hybridized carbons (Fsp3) is 0.231. The van der Waals surface area contributed by atoms with Crippen LogP contribution in [0.15, 0.2) is 12.2 Å². The van der Waals surface area contributed by atoms with E-state index in [-0.39, 0.29) is 34.1 Å². The summed E-state index contributed by atoms with van der Waals surface area (Å²) in [6.07, 6.45) is 3.92. The standard InChI is InChI=1S/C5H10O.8CO.2Mn/c1-3-4-5-6-2;8*1-2;;/h3-4H,5H2,1-2H3;;;;;;;;;;/b4-3+;;;;;;;;;;. The van der Waals surface area contributed by atoms with Gasteiger partial charge in [0.25, 0.3) is 0 Å². The molecule has 0 aliphatic carbocycles. The van der Waals surface area contributed by atoms with Gasteiger partial charge in [0, 0.05) is 41.2 Å². The Morgan fingerprint density at radius 3 is 0.792 bits per heavy atom. The molecule has 0 aromatic carbocycles. The molecule has 0 aromatic heterocycles. The van der Waals surface area contributed by atoms with Gasteiger partial charge in [0.05, 0.1) is 6.61 Å². The summed E-state index contributed by atoms with van der Waals surface area (Å²) in [5, 5.41) is 0. The minimum Gasteiger partial charge on any atom is 0 e. The molecule has 2 radical (unpaired) electrons. The van der Waals surface area contributed by atoms with Crippen molar-refractivity contribution in [2.24, 2.45) is 0 Å². The van der Waals surface area contributed by atoms with Crippen molar-refractivity contribution in [2.75, 3.05) is 13.7 Å². The summed E-state index contributed by atoms with van der Waals surface area (Å²) < 4.78 is 64.7. The summed E-state index contributed by atoms with van der Waals surface area (Å²) in [4.78, 5) is 0. The summed E-state index contributed by atoms with van der Waals surface area (Å²) in [5.41, 5.74) is 0. The predicted molar refractivity (Wildman–Crippen MR) is 58.1 cm³/mol. The number of rotatable bonds is 2. The van der Waals surface area contributed by atoms with Crippen molar-refractivity contribution in [3.05, 3.63) is 65.4 Å². The molecular weight excluding hydrogens is 410 g/mol. The zero-order valence-corrected chi connectivity index (χ0v) is 14.7. The molecule has 0 unspecified atom stereocenters. The first-order valence-corrected chi connectivity index (χ1v) is 3.65. The van der Waals surface area contributed by atoms with Gasteiger partial charge < -0.3 is 4.74 Å². The first kappa shape index (κ1) is 78.2. The zero-order valence-electron chi connectivity index (χ0n) is 12.3. The van der Waals surface area contributed by atoms with Crippen LogP contribution in [0.25, 0.3) is 0 Å². The number of hydrogen-bond acceptors (Lipinski definition) is 1. The van der Waals surface area contributed by atoms with Gasteiger partial charge in [-0.2, -0.15) is 0 Å². The predicted octanol–water partition coefficient (Wildman–Crippen LogP) is 0.904. The van der Waals surface area contributed by atoms with Gasteiger partial charge in [-0.05, 0) is 6.92 Å². The van der Waals surface area contributed by atoms with Crippen LogP contribution in [-0.2, 0) is 76.1 Å². The molecule has 0 atom stereocenters. The molecule has 24 heavy (non-hydrogen) atoms. The van der Waals surface area contributed by atoms with Crippen LogP contribution in [0.4, 0.5) is 0 Å². The molecule has 0 saturated heterocycles. The minimum atomic E-state index is 0. The molecule has 0 heterocycles. The van der Waals surface area contributed by atoms with Gasteiger partial charge in [-0.25, -0.2) is 0 Å². The van der Waals surface area contributed by atoms with Crippen LogP contribution in [-0.4, -0.2) is 13.7 Å². The molecule has 0 aromatic rings. The van der Waals surface area contributed by atoms with Crippen LogP contribution in [0, 0.1) is 53.2 Å². The van der Waals surface area contributed by atoms with E-state index in [0.29, 0.717) is 0 Å². The molecule has 0 aliphatic heterocycles. The Balaban J connectivity index is -0.00000000926. The van der Waals surface area contributed by atoms with Crippen molar-refractivity contribution in [3.63, 3.8) is 0 Å². The van der Waals surface area contributed by atoms with Gasteiger partial charge in [-0.1, -0.05) is 12.2 Å². The Morgan fingerprint density at radius 2 is 0.750 bits per heavy atom. The number of hydrogen-bond donors (Lipinski definition) is 0. The fourth-order valence-electron chi connectivity index (χ4n) is 0.192. The average molecular weight is 420 g/mol. The molecule has 0 spiro atoms. The molecule has 0 amide bonds. The van der Waals surface area contributed by atoms with Crippen LogP contribution >= 0.6 is 0 Å². The molecule has 0 bridgehead atoms. The first-order chi connectivity index (χ1) is 10.9. The third-order valence-corrected chi connectivity index (χ3v) is 0.499. The number of allylic oxidation sites excluding steroid dienone is 1. The van der Waals surface area contributed by atoms with Gasteiger partial charge in [0.1, 0.15) is 0 Å². The molecular formula is C13H10Mn2O9. The SMILES string of the molecule is C/C=C/COC.[C-]#[O+].[C-]#[O+].[C-]#[O+].[C-]#[O+].[C-]#[O+].[C-]#[O+].[C-]#[O+].[C-]#[O+].[Mn].[Mn]. The average Bonchev–Trinajstić information content (AvgIpc) is 2.72. The van der Waals surface area contributed by atoms with E-state index in [1.165, 1.54) is 0 Å². The maximum absolute atomic E-state index is 7.50. The summed E-state index contributed by atoms with van der Waals surface area (Å²) in [7, 11) is 1.68. The maximum Gasteiger partial charge on any atom is 0 e. The Labute approximate surface area is 162 Å². The molecule has 0 aliphatic rings. The van der Waals surface area contributed by atoms with Gasteiger partial charge in [-0.15, -0.1) is 0 Å². The maximum atomic E-state index is 7.50. The van der Waals surface area contributed by atoms with E-state index in [0.717, 1.165) is 6.61 Å². The molecule has 0 N–H and O–H groups in total. The van der Waals surface area contributed by atoms with Crippen LogP contribution in [0.2, 0.25) is 0 Å². The van der Waals surface area contributed by atoms with Gasteiger partial charge in [0.15, 0.2) is 0 Å². The second kappa shape index (κ2) is 1310. The summed E-state index contributed by atoms with van der Waals surface area (Å²) in [6, 6.07) is 0. The Hall–Kier alpha value is -1.34. The Kier molecular flexibility index (Phi) is 4260. The smallest absolute Gasteiger partial charge is 0 e. The van der Waals surface area contributed by atoms with E-state index in [4.69, 9.17) is 42.0 Å². The monoisotopic (exact) mass is 420 g/mol. The fourth-order valence-corrected chi connectivity index (χ4v) is 0.192. The van der Waals surface area contributed by atoms with E-state index in [1.807, 2.05) is 19.1 Å². The molecule has 0 rings (SSSR count). The van der Waals surface area contributed by atoms with Crippen molar-refractivity contribution in [2.45, 2.75) is 6.92 Å².